The van der Waals surface area contributed by atoms with Gasteiger partial charge in [0.25, 0.3) is 11.8 Å². The standard InChI is InChI=1S/C24H25N3O4/c1-15-8-9-16(2)27(15)26-24(30)19-10-12-22(13-11-19)31-18(4)23(29)25-21-7-5-6-20(14-21)17(3)28/h5-14,18H,1-4H3,(H,25,29)(H,26,30)/t18-/m1/s1. The summed E-state index contributed by atoms with van der Waals surface area (Å²) in [6, 6.07) is 17.1. The van der Waals surface area contributed by atoms with E-state index in [9.17, 15) is 14.4 Å². The van der Waals surface area contributed by atoms with Gasteiger partial charge >= 0.3 is 0 Å². The summed E-state index contributed by atoms with van der Waals surface area (Å²) in [5, 5.41) is 2.74. The number of ketones is 1. The van der Waals surface area contributed by atoms with Crippen molar-refractivity contribution in [1.29, 1.82) is 0 Å². The third kappa shape index (κ3) is 5.39. The van der Waals surface area contributed by atoms with Gasteiger partial charge in [0.15, 0.2) is 11.9 Å². The van der Waals surface area contributed by atoms with Crippen molar-refractivity contribution in [2.24, 2.45) is 0 Å². The lowest BCUT2D eigenvalue weighted by Crippen LogP contribution is -2.30. The molecule has 0 unspecified atom stereocenters. The molecule has 0 aliphatic heterocycles. The van der Waals surface area contributed by atoms with Crippen molar-refractivity contribution < 1.29 is 19.1 Å². The maximum Gasteiger partial charge on any atom is 0.270 e. The van der Waals surface area contributed by atoms with Gasteiger partial charge < -0.3 is 10.1 Å². The molecular weight excluding hydrogens is 394 g/mol. The molecule has 7 nitrogen and oxygen atoms in total. The first-order valence-corrected chi connectivity index (χ1v) is 9.89. The number of ether oxygens (including phenoxy) is 1. The number of hydrogen-bond donors (Lipinski definition) is 2. The lowest BCUT2D eigenvalue weighted by Gasteiger charge is -2.15. The van der Waals surface area contributed by atoms with Gasteiger partial charge in [-0.25, -0.2) is 0 Å². The topological polar surface area (TPSA) is 89.4 Å². The molecule has 2 amide bonds. The summed E-state index contributed by atoms with van der Waals surface area (Å²) in [5.74, 6) is -0.206. The summed E-state index contributed by atoms with van der Waals surface area (Å²) in [7, 11) is 0. The van der Waals surface area contributed by atoms with E-state index in [1.54, 1.807) is 60.1 Å². The zero-order chi connectivity index (χ0) is 22.5. The van der Waals surface area contributed by atoms with E-state index in [0.717, 1.165) is 11.4 Å². The third-order valence-electron chi connectivity index (χ3n) is 4.82. The van der Waals surface area contributed by atoms with Crippen molar-refractivity contribution in [3.63, 3.8) is 0 Å². The Balaban J connectivity index is 1.60. The minimum Gasteiger partial charge on any atom is -0.481 e. The zero-order valence-corrected chi connectivity index (χ0v) is 17.9. The summed E-state index contributed by atoms with van der Waals surface area (Å²) in [6.07, 6.45) is -0.772. The molecule has 0 aliphatic carbocycles. The van der Waals surface area contributed by atoms with Gasteiger partial charge in [0.1, 0.15) is 5.75 Å². The molecule has 0 fully saturated rings. The fourth-order valence-electron chi connectivity index (χ4n) is 3.01. The van der Waals surface area contributed by atoms with Crippen molar-refractivity contribution in [3.8, 4) is 5.75 Å². The van der Waals surface area contributed by atoms with Gasteiger partial charge in [0, 0.05) is 28.2 Å². The van der Waals surface area contributed by atoms with Crippen LogP contribution in [-0.2, 0) is 4.79 Å². The van der Waals surface area contributed by atoms with Crippen molar-refractivity contribution in [3.05, 3.63) is 83.2 Å². The van der Waals surface area contributed by atoms with Crippen LogP contribution in [0.3, 0.4) is 0 Å². The van der Waals surface area contributed by atoms with Crippen LogP contribution >= 0.6 is 0 Å². The number of nitrogens with one attached hydrogen (secondary N) is 2. The predicted octanol–water partition coefficient (Wildman–Crippen LogP) is 4.10. The number of nitrogens with zero attached hydrogens (tertiary/aromatic N) is 1. The second-order valence-corrected chi connectivity index (χ2v) is 7.30. The molecule has 3 rings (SSSR count). The molecule has 0 saturated heterocycles. The number of aryl methyl sites for hydroxylation is 2. The number of rotatable bonds is 7. The normalized spacial score (nSPS) is 11.5. The van der Waals surface area contributed by atoms with Crippen molar-refractivity contribution in [2.75, 3.05) is 10.7 Å². The van der Waals surface area contributed by atoms with Crippen LogP contribution in [0.25, 0.3) is 0 Å². The first-order valence-electron chi connectivity index (χ1n) is 9.89. The molecule has 2 aromatic carbocycles. The Bertz CT molecular complexity index is 1100. The van der Waals surface area contributed by atoms with Crippen LogP contribution < -0.4 is 15.5 Å². The van der Waals surface area contributed by atoms with E-state index >= 15 is 0 Å². The van der Waals surface area contributed by atoms with E-state index in [4.69, 9.17) is 4.74 Å². The highest BCUT2D eigenvalue weighted by Crippen LogP contribution is 2.16. The summed E-state index contributed by atoms with van der Waals surface area (Å²) in [4.78, 5) is 36.4. The van der Waals surface area contributed by atoms with Gasteiger partial charge in [0.2, 0.25) is 0 Å². The average molecular weight is 419 g/mol. The van der Waals surface area contributed by atoms with E-state index in [2.05, 4.69) is 10.7 Å². The number of amides is 2. The second kappa shape index (κ2) is 9.30. The van der Waals surface area contributed by atoms with E-state index < -0.39 is 6.10 Å². The number of Topliss-reactive ketones (excluding diaryl/α,β-unsaturated/α-hetero) is 1. The van der Waals surface area contributed by atoms with Gasteiger partial charge in [-0.1, -0.05) is 12.1 Å². The molecule has 2 N–H and O–H groups in total. The van der Waals surface area contributed by atoms with Gasteiger partial charge in [0.05, 0.1) is 0 Å². The van der Waals surface area contributed by atoms with Gasteiger partial charge in [-0.05, 0) is 76.2 Å². The fourth-order valence-corrected chi connectivity index (χ4v) is 3.01. The van der Waals surface area contributed by atoms with Crippen LogP contribution in [0, 0.1) is 13.8 Å². The van der Waals surface area contributed by atoms with E-state index in [-0.39, 0.29) is 17.6 Å². The van der Waals surface area contributed by atoms with Crippen molar-refractivity contribution in [1.82, 2.24) is 4.68 Å². The highest BCUT2D eigenvalue weighted by Gasteiger charge is 2.16. The molecule has 0 saturated carbocycles. The largest absolute Gasteiger partial charge is 0.481 e. The molecule has 1 heterocycles. The molecule has 3 aromatic rings. The molecule has 0 radical (unpaired) electrons. The minimum absolute atomic E-state index is 0.0772. The lowest BCUT2D eigenvalue weighted by atomic mass is 10.1. The summed E-state index contributed by atoms with van der Waals surface area (Å²) in [5.41, 5.74) is 6.22. The SMILES string of the molecule is CC(=O)c1cccc(NC(=O)[C@@H](C)Oc2ccc(C(=O)Nn3c(C)ccc3C)cc2)c1. The molecule has 160 valence electrons. The number of hydrogen-bond acceptors (Lipinski definition) is 4. The monoisotopic (exact) mass is 419 g/mol. The smallest absolute Gasteiger partial charge is 0.270 e. The van der Waals surface area contributed by atoms with Gasteiger partial charge in [-0.2, -0.15) is 0 Å². The molecule has 0 bridgehead atoms. The fraction of sp³-hybridized carbons (Fsp3) is 0.208. The molecule has 0 spiro atoms. The predicted molar refractivity (Wildman–Crippen MR) is 119 cm³/mol. The number of benzene rings is 2. The number of aromatic nitrogens is 1. The van der Waals surface area contributed by atoms with Crippen LogP contribution in [0.5, 0.6) is 5.75 Å². The highest BCUT2D eigenvalue weighted by molar-refractivity contribution is 6.00. The zero-order valence-electron chi connectivity index (χ0n) is 17.9. The van der Waals surface area contributed by atoms with E-state index in [1.165, 1.54) is 6.92 Å². The van der Waals surface area contributed by atoms with E-state index in [0.29, 0.717) is 22.6 Å². The Kier molecular flexibility index (Phi) is 6.55. The highest BCUT2D eigenvalue weighted by atomic mass is 16.5. The molecule has 1 aromatic heterocycles. The summed E-state index contributed by atoms with van der Waals surface area (Å²) < 4.78 is 7.41. The van der Waals surface area contributed by atoms with Gasteiger partial charge in [-0.15, -0.1) is 0 Å². The van der Waals surface area contributed by atoms with Crippen molar-refractivity contribution >= 4 is 23.3 Å². The van der Waals surface area contributed by atoms with Gasteiger partial charge in [-0.3, -0.25) is 24.5 Å². The Morgan fingerprint density at radius 1 is 0.903 bits per heavy atom. The Morgan fingerprint density at radius 3 is 2.16 bits per heavy atom. The maximum atomic E-state index is 12.5. The van der Waals surface area contributed by atoms with Crippen LogP contribution in [0.2, 0.25) is 0 Å². The van der Waals surface area contributed by atoms with Crippen LogP contribution in [0.15, 0.2) is 60.7 Å². The molecule has 1 atom stereocenters. The lowest BCUT2D eigenvalue weighted by molar-refractivity contribution is -0.122. The number of carbonyl (C=O) groups is 3. The minimum atomic E-state index is -0.772. The molecule has 0 aliphatic rings. The first kappa shape index (κ1) is 21.8. The average Bonchev–Trinajstić information content (AvgIpc) is 3.06. The summed E-state index contributed by atoms with van der Waals surface area (Å²) in [6.45, 7) is 6.92. The first-order chi connectivity index (χ1) is 14.7. The number of carbonyl (C=O) groups excluding carboxylic acids is 3. The third-order valence-corrected chi connectivity index (χ3v) is 4.82. The molecular formula is C24H25N3O4. The van der Waals surface area contributed by atoms with Crippen LogP contribution in [0.4, 0.5) is 5.69 Å². The Labute approximate surface area is 181 Å². The number of anilines is 1. The van der Waals surface area contributed by atoms with Crippen molar-refractivity contribution in [2.45, 2.75) is 33.8 Å². The Morgan fingerprint density at radius 2 is 1.55 bits per heavy atom. The molecule has 7 heteroatoms. The van der Waals surface area contributed by atoms with Crippen LogP contribution in [0.1, 0.15) is 46.0 Å². The van der Waals surface area contributed by atoms with Crippen LogP contribution in [-0.4, -0.2) is 28.4 Å². The van der Waals surface area contributed by atoms with E-state index in [1.807, 2.05) is 26.0 Å². The quantitative estimate of drug-likeness (QED) is 0.565. The Hall–Kier alpha value is -3.87. The second-order valence-electron chi connectivity index (χ2n) is 7.30. The summed E-state index contributed by atoms with van der Waals surface area (Å²) >= 11 is 0. The molecule has 31 heavy (non-hydrogen) atoms. The maximum absolute atomic E-state index is 12.5.